The van der Waals surface area contributed by atoms with Crippen molar-refractivity contribution in [2.75, 3.05) is 5.75 Å². The molecule has 0 bridgehead atoms. The van der Waals surface area contributed by atoms with Crippen LogP contribution in [0, 0.1) is 0 Å². The third kappa shape index (κ3) is 17.6. The van der Waals surface area contributed by atoms with Crippen LogP contribution in [0.5, 0.6) is 0 Å². The summed E-state index contributed by atoms with van der Waals surface area (Å²) in [5, 5.41) is 23.4. The first-order chi connectivity index (χ1) is 4.91. The molecule has 1 atom stereocenters. The first-order valence-corrected chi connectivity index (χ1v) is 3.28. The Morgan fingerprint density at radius 3 is 1.64 bits per heavy atom. The molecule has 0 aromatic rings. The van der Waals surface area contributed by atoms with Gasteiger partial charge in [-0.25, -0.2) is 4.79 Å². The van der Waals surface area contributed by atoms with Crippen molar-refractivity contribution in [1.29, 1.82) is 0 Å². The smallest absolute Gasteiger partial charge is 0.332 e. The van der Waals surface area contributed by atoms with Crippen LogP contribution >= 0.6 is 12.6 Å². The number of hydrogen-bond acceptors (Lipinski definition) is 4. The van der Waals surface area contributed by atoms with E-state index < -0.39 is 18.0 Å². The number of thiol groups is 1. The van der Waals surface area contributed by atoms with Gasteiger partial charge in [-0.1, -0.05) is 0 Å². The van der Waals surface area contributed by atoms with Crippen molar-refractivity contribution in [3.63, 3.8) is 0 Å². The molecule has 0 spiro atoms. The average molecular weight is 182 g/mol. The van der Waals surface area contributed by atoms with Crippen LogP contribution in [-0.4, -0.2) is 39.1 Å². The van der Waals surface area contributed by atoms with Crippen molar-refractivity contribution in [2.24, 2.45) is 0 Å². The standard InChI is InChI=1S/C3H6O3.C2H4O2S/c1-2(4)3(5)6;3-2(4)1-5/h2,4H,1H3,(H,5,6);5H,1H2,(H,3,4). The lowest BCUT2D eigenvalue weighted by Gasteiger charge is -1.89. The summed E-state index contributed by atoms with van der Waals surface area (Å²) in [4.78, 5) is 18.7. The third-order valence-electron chi connectivity index (χ3n) is 0.493. The Hall–Kier alpha value is -0.750. The molecule has 0 aliphatic rings. The van der Waals surface area contributed by atoms with Crippen LogP contribution in [-0.2, 0) is 9.59 Å². The van der Waals surface area contributed by atoms with E-state index in [9.17, 15) is 9.59 Å². The van der Waals surface area contributed by atoms with Crippen LogP contribution in [0.15, 0.2) is 0 Å². The maximum absolute atomic E-state index is 9.45. The van der Waals surface area contributed by atoms with Gasteiger partial charge >= 0.3 is 11.9 Å². The van der Waals surface area contributed by atoms with Gasteiger partial charge in [-0.2, -0.15) is 12.6 Å². The minimum absolute atomic E-state index is 0.0833. The summed E-state index contributed by atoms with van der Waals surface area (Å²) < 4.78 is 0. The van der Waals surface area contributed by atoms with Crippen LogP contribution in [0.2, 0.25) is 0 Å². The highest BCUT2D eigenvalue weighted by atomic mass is 32.1. The van der Waals surface area contributed by atoms with E-state index in [1.165, 1.54) is 6.92 Å². The highest BCUT2D eigenvalue weighted by Gasteiger charge is 2.01. The van der Waals surface area contributed by atoms with E-state index in [-0.39, 0.29) is 5.75 Å². The Bertz CT molecular complexity index is 133. The van der Waals surface area contributed by atoms with E-state index in [1.807, 2.05) is 0 Å². The van der Waals surface area contributed by atoms with Crippen molar-refractivity contribution >= 4 is 24.6 Å². The molecule has 0 amide bonds. The normalized spacial score (nSPS) is 10.8. The van der Waals surface area contributed by atoms with Crippen molar-refractivity contribution in [1.82, 2.24) is 0 Å². The summed E-state index contributed by atoms with van der Waals surface area (Å²) in [6.07, 6.45) is -1.23. The second-order valence-corrected chi connectivity index (χ2v) is 1.88. The molecule has 6 heteroatoms. The van der Waals surface area contributed by atoms with Gasteiger partial charge in [0.25, 0.3) is 0 Å². The fourth-order valence-corrected chi connectivity index (χ4v) is 0. The summed E-state index contributed by atoms with van der Waals surface area (Å²) in [6, 6.07) is 0. The van der Waals surface area contributed by atoms with Crippen LogP contribution in [0.4, 0.5) is 0 Å². The predicted octanol–water partition coefficient (Wildman–Crippen LogP) is -0.547. The van der Waals surface area contributed by atoms with E-state index in [0.29, 0.717) is 0 Å². The number of carbonyl (C=O) groups is 2. The minimum atomic E-state index is -1.23. The molecule has 3 N–H and O–H groups in total. The Morgan fingerprint density at radius 2 is 1.64 bits per heavy atom. The molecule has 1 unspecified atom stereocenters. The summed E-state index contributed by atoms with van der Waals surface area (Å²) in [5.41, 5.74) is 0. The number of carboxylic acid groups (broad SMARTS) is 2. The Balaban J connectivity index is 0. The first-order valence-electron chi connectivity index (χ1n) is 2.65. The highest BCUT2D eigenvalue weighted by Crippen LogP contribution is 1.73. The van der Waals surface area contributed by atoms with Gasteiger partial charge < -0.3 is 15.3 Å². The molecule has 0 saturated heterocycles. The van der Waals surface area contributed by atoms with Crippen LogP contribution in [0.1, 0.15) is 6.92 Å². The molecule has 11 heavy (non-hydrogen) atoms. The molecule has 0 aliphatic heterocycles. The van der Waals surface area contributed by atoms with Gasteiger partial charge in [0.15, 0.2) is 0 Å². The van der Waals surface area contributed by atoms with Gasteiger partial charge in [-0.05, 0) is 6.92 Å². The number of aliphatic hydroxyl groups is 1. The van der Waals surface area contributed by atoms with Crippen LogP contribution in [0.25, 0.3) is 0 Å². The van der Waals surface area contributed by atoms with Gasteiger partial charge in [-0.3, -0.25) is 4.79 Å². The zero-order chi connectivity index (χ0) is 9.44. The maximum atomic E-state index is 9.45. The largest absolute Gasteiger partial charge is 0.481 e. The van der Waals surface area contributed by atoms with Gasteiger partial charge in [0.05, 0.1) is 5.75 Å². The highest BCUT2D eigenvalue weighted by molar-refractivity contribution is 7.81. The maximum Gasteiger partial charge on any atom is 0.332 e. The summed E-state index contributed by atoms with van der Waals surface area (Å²) in [7, 11) is 0. The van der Waals surface area contributed by atoms with E-state index in [4.69, 9.17) is 15.3 Å². The summed E-state index contributed by atoms with van der Waals surface area (Å²) in [6.45, 7) is 1.20. The average Bonchev–Trinajstić information content (AvgIpc) is 1.89. The molecule has 0 radical (unpaired) electrons. The molecule has 0 aromatic carbocycles. The molecule has 0 saturated carbocycles. The van der Waals surface area contributed by atoms with Crippen molar-refractivity contribution in [3.05, 3.63) is 0 Å². The molecular weight excluding hydrogens is 172 g/mol. The monoisotopic (exact) mass is 182 g/mol. The Labute approximate surface area is 69.1 Å². The Kier molecular flexibility index (Phi) is 8.62. The zero-order valence-corrected chi connectivity index (χ0v) is 6.78. The molecule has 5 nitrogen and oxygen atoms in total. The molecule has 0 aliphatic carbocycles. The van der Waals surface area contributed by atoms with Crippen LogP contribution in [0.3, 0.4) is 0 Å². The quantitative estimate of drug-likeness (QED) is 0.430. The van der Waals surface area contributed by atoms with Crippen LogP contribution < -0.4 is 0 Å². The first kappa shape index (κ1) is 12.9. The Morgan fingerprint density at radius 1 is 1.45 bits per heavy atom. The molecule has 0 fully saturated rings. The fraction of sp³-hybridized carbons (Fsp3) is 0.600. The van der Waals surface area contributed by atoms with E-state index >= 15 is 0 Å². The third-order valence-corrected chi connectivity index (χ3v) is 0.763. The van der Waals surface area contributed by atoms with Crippen molar-refractivity contribution < 1.29 is 24.9 Å². The molecule has 0 heterocycles. The number of aliphatic carboxylic acids is 2. The number of aliphatic hydroxyl groups excluding tert-OH is 1. The second kappa shape index (κ2) is 7.36. The molecule has 0 aromatic heterocycles. The lowest BCUT2D eigenvalue weighted by molar-refractivity contribution is -0.145. The lowest BCUT2D eigenvalue weighted by atomic mass is 10.4. The van der Waals surface area contributed by atoms with Gasteiger partial charge in [0.1, 0.15) is 6.10 Å². The van der Waals surface area contributed by atoms with E-state index in [0.717, 1.165) is 0 Å². The topological polar surface area (TPSA) is 94.8 Å². The van der Waals surface area contributed by atoms with Crippen molar-refractivity contribution in [3.8, 4) is 0 Å². The SMILES string of the molecule is CC(O)C(=O)O.O=C(O)CS. The zero-order valence-electron chi connectivity index (χ0n) is 5.89. The number of hydrogen-bond donors (Lipinski definition) is 4. The fourth-order valence-electron chi connectivity index (χ4n) is 0. The van der Waals surface area contributed by atoms with Gasteiger partial charge in [-0.15, -0.1) is 0 Å². The van der Waals surface area contributed by atoms with E-state index in [2.05, 4.69) is 12.6 Å². The second-order valence-electron chi connectivity index (χ2n) is 1.57. The molecule has 66 valence electrons. The number of rotatable bonds is 2. The summed E-state index contributed by atoms with van der Waals surface area (Å²) >= 11 is 3.42. The lowest BCUT2D eigenvalue weighted by Crippen LogP contribution is -2.13. The molecule has 0 rings (SSSR count). The van der Waals surface area contributed by atoms with Gasteiger partial charge in [0, 0.05) is 0 Å². The predicted molar refractivity (Wildman–Crippen MR) is 40.8 cm³/mol. The summed E-state index contributed by atoms with van der Waals surface area (Å²) in [5.74, 6) is -2.15. The molecular formula is C5H10O5S. The van der Waals surface area contributed by atoms with E-state index in [1.54, 1.807) is 0 Å². The minimum Gasteiger partial charge on any atom is -0.481 e. The van der Waals surface area contributed by atoms with Crippen molar-refractivity contribution in [2.45, 2.75) is 13.0 Å². The van der Waals surface area contributed by atoms with Gasteiger partial charge in [0.2, 0.25) is 0 Å². The number of carboxylic acids is 2.